The molecule has 146 valence electrons. The molecule has 1 aliphatic rings. The maximum atomic E-state index is 13.4. The van der Waals surface area contributed by atoms with Crippen LogP contribution in [0.3, 0.4) is 0 Å². The predicted molar refractivity (Wildman–Crippen MR) is 104 cm³/mol. The van der Waals surface area contributed by atoms with Gasteiger partial charge < -0.3 is 20.1 Å². The highest BCUT2D eigenvalue weighted by molar-refractivity contribution is 7.80. The summed E-state index contributed by atoms with van der Waals surface area (Å²) in [5, 5.41) is 12.2. The lowest BCUT2D eigenvalue weighted by Crippen LogP contribution is -2.49. The van der Waals surface area contributed by atoms with Gasteiger partial charge in [-0.3, -0.25) is 9.59 Å². The van der Waals surface area contributed by atoms with E-state index in [2.05, 4.69) is 5.32 Å². The largest absolute Gasteiger partial charge is 0.497 e. The molecule has 0 bridgehead atoms. The van der Waals surface area contributed by atoms with Gasteiger partial charge in [0.25, 0.3) is 5.91 Å². The number of halogens is 1. The molecule has 1 heterocycles. The molecule has 3 rings (SSSR count). The third kappa shape index (κ3) is 3.68. The maximum absolute atomic E-state index is 13.4. The van der Waals surface area contributed by atoms with Gasteiger partial charge in [-0.2, -0.15) is 0 Å². The number of hydrogen-bond donors (Lipinski definition) is 2. The number of methoxy groups -OCH3 is 1. The van der Waals surface area contributed by atoms with Crippen molar-refractivity contribution in [1.82, 2.24) is 10.2 Å². The molecule has 0 saturated carbocycles. The van der Waals surface area contributed by atoms with Crippen LogP contribution in [-0.2, 0) is 21.5 Å². The average molecular weight is 402 g/mol. The van der Waals surface area contributed by atoms with E-state index in [0.717, 1.165) is 11.3 Å². The van der Waals surface area contributed by atoms with Crippen LogP contribution in [-0.4, -0.2) is 40.6 Å². The maximum Gasteiger partial charge on any atom is 0.306 e. The Hall–Kier alpha value is -3.00. The third-order valence-electron chi connectivity index (χ3n) is 4.81. The van der Waals surface area contributed by atoms with Crippen molar-refractivity contribution in [1.29, 1.82) is 0 Å². The quantitative estimate of drug-likeness (QED) is 0.693. The number of carboxylic acid groups (broad SMARTS) is 1. The lowest BCUT2D eigenvalue weighted by molar-refractivity contribution is -0.144. The molecule has 1 atom stereocenters. The van der Waals surface area contributed by atoms with Gasteiger partial charge in [0.05, 0.1) is 13.5 Å². The highest BCUT2D eigenvalue weighted by Crippen LogP contribution is 2.37. The van der Waals surface area contributed by atoms with Crippen molar-refractivity contribution >= 4 is 29.2 Å². The highest BCUT2D eigenvalue weighted by Gasteiger charge is 2.53. The molecule has 1 unspecified atom stereocenters. The summed E-state index contributed by atoms with van der Waals surface area (Å²) in [7, 11) is 1.58. The Bertz CT molecular complexity index is 901. The van der Waals surface area contributed by atoms with Crippen LogP contribution in [0.5, 0.6) is 5.75 Å². The summed E-state index contributed by atoms with van der Waals surface area (Å²) in [5.74, 6) is -1.43. The molecule has 0 aromatic heterocycles. The molecule has 28 heavy (non-hydrogen) atoms. The van der Waals surface area contributed by atoms with Gasteiger partial charge in [-0.25, -0.2) is 4.39 Å². The lowest BCUT2D eigenvalue weighted by Gasteiger charge is -2.36. The topological polar surface area (TPSA) is 78.9 Å². The molecule has 6 nitrogen and oxygen atoms in total. The molecule has 8 heteroatoms. The number of carbonyl (C=O) groups is 2. The Kier molecular flexibility index (Phi) is 5.60. The Morgan fingerprint density at radius 1 is 1.21 bits per heavy atom. The van der Waals surface area contributed by atoms with Crippen molar-refractivity contribution in [2.75, 3.05) is 13.7 Å². The van der Waals surface area contributed by atoms with E-state index in [1.165, 1.54) is 24.3 Å². The molecule has 2 aromatic carbocycles. The first kappa shape index (κ1) is 19.8. The number of nitrogens with one attached hydrogen (secondary N) is 1. The van der Waals surface area contributed by atoms with Gasteiger partial charge in [0.15, 0.2) is 10.7 Å². The van der Waals surface area contributed by atoms with Gasteiger partial charge in [-0.15, -0.1) is 0 Å². The molecule has 1 saturated heterocycles. The molecule has 0 aliphatic carbocycles. The molecule has 0 radical (unpaired) electrons. The van der Waals surface area contributed by atoms with Gasteiger partial charge in [0.1, 0.15) is 11.6 Å². The first-order chi connectivity index (χ1) is 13.4. The Balaban J connectivity index is 1.94. The minimum Gasteiger partial charge on any atom is -0.497 e. The van der Waals surface area contributed by atoms with Gasteiger partial charge in [0, 0.05) is 6.54 Å². The number of carbonyl (C=O) groups excluding carboxylic acids is 1. The van der Waals surface area contributed by atoms with E-state index in [-0.39, 0.29) is 5.11 Å². The normalized spacial score (nSPS) is 18.9. The SMILES string of the molecule is COc1ccc(CCN2C(=S)NC(=O)C2(CC(=O)O)c2ccc(F)cc2)cc1. The molecule has 1 fully saturated rings. The fraction of sp³-hybridized carbons (Fsp3) is 0.250. The zero-order chi connectivity index (χ0) is 20.3. The summed E-state index contributed by atoms with van der Waals surface area (Å²) >= 11 is 5.31. The Morgan fingerprint density at radius 3 is 2.43 bits per heavy atom. The van der Waals surface area contributed by atoms with Crippen LogP contribution in [0.4, 0.5) is 4.39 Å². The predicted octanol–water partition coefficient (Wildman–Crippen LogP) is 2.46. The third-order valence-corrected chi connectivity index (χ3v) is 5.14. The summed E-state index contributed by atoms with van der Waals surface area (Å²) in [6.07, 6.45) is 0.0366. The lowest BCUT2D eigenvalue weighted by atomic mass is 9.85. The fourth-order valence-corrected chi connectivity index (χ4v) is 3.74. The number of carboxylic acids is 1. The number of benzene rings is 2. The fourth-order valence-electron chi connectivity index (χ4n) is 3.40. The van der Waals surface area contributed by atoms with Gasteiger partial charge in [-0.1, -0.05) is 24.3 Å². The van der Waals surface area contributed by atoms with Gasteiger partial charge in [0.2, 0.25) is 0 Å². The van der Waals surface area contributed by atoms with E-state index in [0.29, 0.717) is 18.5 Å². The second-order valence-electron chi connectivity index (χ2n) is 6.45. The van der Waals surface area contributed by atoms with E-state index in [1.54, 1.807) is 12.0 Å². The smallest absolute Gasteiger partial charge is 0.306 e. The summed E-state index contributed by atoms with van der Waals surface area (Å²) in [5.41, 5.74) is -0.169. The van der Waals surface area contributed by atoms with Crippen molar-refractivity contribution in [3.63, 3.8) is 0 Å². The molecule has 1 aliphatic heterocycles. The van der Waals surface area contributed by atoms with Crippen molar-refractivity contribution < 1.29 is 23.8 Å². The number of thiocarbonyl (C=S) groups is 1. The standard InChI is InChI=1S/C20H19FN2O4S/c1-27-16-8-2-13(3-9-16)10-11-23-19(28)22-18(26)20(23,12-17(24)25)14-4-6-15(21)7-5-14/h2-9H,10-12H2,1H3,(H,24,25)(H,22,26,28). The number of hydrogen-bond acceptors (Lipinski definition) is 4. The second-order valence-corrected chi connectivity index (χ2v) is 6.83. The molecule has 1 amide bonds. The summed E-state index contributed by atoms with van der Waals surface area (Å²) in [4.78, 5) is 26.0. The average Bonchev–Trinajstić information content (AvgIpc) is 2.90. The molecule has 0 spiro atoms. The summed E-state index contributed by atoms with van der Waals surface area (Å²) < 4.78 is 18.5. The Morgan fingerprint density at radius 2 is 1.86 bits per heavy atom. The number of aliphatic carboxylic acids is 1. The van der Waals surface area contributed by atoms with Crippen molar-refractivity contribution in [3.05, 3.63) is 65.5 Å². The van der Waals surface area contributed by atoms with Crippen LogP contribution in [0.2, 0.25) is 0 Å². The second kappa shape index (κ2) is 7.93. The van der Waals surface area contributed by atoms with Gasteiger partial charge >= 0.3 is 5.97 Å². The van der Waals surface area contributed by atoms with Crippen molar-refractivity contribution in [2.24, 2.45) is 0 Å². The number of nitrogens with zero attached hydrogens (tertiary/aromatic N) is 1. The van der Waals surface area contributed by atoms with Crippen LogP contribution < -0.4 is 10.1 Å². The zero-order valence-electron chi connectivity index (χ0n) is 15.1. The molecule has 2 aromatic rings. The Labute approximate surface area is 166 Å². The first-order valence-corrected chi connectivity index (χ1v) is 9.01. The van der Waals surface area contributed by atoms with Crippen LogP contribution in [0.15, 0.2) is 48.5 Å². The van der Waals surface area contributed by atoms with Crippen molar-refractivity contribution in [3.8, 4) is 5.75 Å². The first-order valence-electron chi connectivity index (χ1n) is 8.60. The van der Waals surface area contributed by atoms with E-state index in [9.17, 15) is 19.1 Å². The van der Waals surface area contributed by atoms with E-state index < -0.39 is 29.7 Å². The minimum absolute atomic E-state index is 0.157. The molecule has 2 N–H and O–H groups in total. The monoisotopic (exact) mass is 402 g/mol. The highest BCUT2D eigenvalue weighted by atomic mass is 32.1. The van der Waals surface area contributed by atoms with Crippen LogP contribution in [0, 0.1) is 5.82 Å². The number of rotatable bonds is 7. The molecular formula is C20H19FN2O4S. The minimum atomic E-state index is -1.52. The van der Waals surface area contributed by atoms with Crippen LogP contribution >= 0.6 is 12.2 Å². The van der Waals surface area contributed by atoms with Crippen LogP contribution in [0.1, 0.15) is 17.5 Å². The zero-order valence-corrected chi connectivity index (χ0v) is 16.0. The molecular weight excluding hydrogens is 383 g/mol. The van der Waals surface area contributed by atoms with E-state index in [1.807, 2.05) is 24.3 Å². The number of ether oxygens (including phenoxy) is 1. The van der Waals surface area contributed by atoms with Gasteiger partial charge in [-0.05, 0) is 54.0 Å². The van der Waals surface area contributed by atoms with E-state index in [4.69, 9.17) is 17.0 Å². The van der Waals surface area contributed by atoms with Crippen LogP contribution in [0.25, 0.3) is 0 Å². The number of amides is 1. The van der Waals surface area contributed by atoms with E-state index >= 15 is 0 Å². The summed E-state index contributed by atoms with van der Waals surface area (Å²) in [6.45, 7) is 0.314. The summed E-state index contributed by atoms with van der Waals surface area (Å²) in [6, 6.07) is 12.7. The van der Waals surface area contributed by atoms with Crippen molar-refractivity contribution in [2.45, 2.75) is 18.4 Å².